The standard InChI is InChI=1S/C68H132O17P2/c1-9-61(8)47-39-31-26-27-33-41-49-66(71)79-55-64(84-67(72)50-42-34-24-15-13-11-10-12-14-20-28-36-44-58(2)3)57-83-87(76,77)81-53-62(69)52-80-86(74,75)82-56-63(85-68(73)51-43-35-25-19-17-22-30-38-46-60(6)7)54-78-65(70)48-40-32-23-18-16-21-29-37-45-59(4)5/h58-64,69H,9-57H2,1-8H3,(H,74,75)(H,76,77)/t61?,62?,63-,64-/m1/s1. The summed E-state index contributed by atoms with van der Waals surface area (Å²) in [5.41, 5.74) is 0. The van der Waals surface area contributed by atoms with Crippen LogP contribution >= 0.6 is 15.6 Å². The van der Waals surface area contributed by atoms with Crippen LogP contribution < -0.4 is 0 Å². The third kappa shape index (κ3) is 61.3. The molecule has 0 saturated carbocycles. The number of ether oxygens (including phenoxy) is 4. The molecule has 0 fully saturated rings. The topological polar surface area (TPSA) is 237 Å². The number of aliphatic hydroxyl groups excluding tert-OH is 1. The summed E-state index contributed by atoms with van der Waals surface area (Å²) < 4.78 is 68.2. The van der Waals surface area contributed by atoms with Crippen LogP contribution in [0, 0.1) is 23.7 Å². The average Bonchev–Trinajstić information content (AvgIpc) is 3.66. The van der Waals surface area contributed by atoms with Crippen LogP contribution in [-0.2, 0) is 65.4 Å². The zero-order valence-corrected chi connectivity index (χ0v) is 58.4. The summed E-state index contributed by atoms with van der Waals surface area (Å²) in [6.45, 7) is 14.0. The average molecular weight is 1280 g/mol. The van der Waals surface area contributed by atoms with Gasteiger partial charge in [-0.1, -0.05) is 280 Å². The van der Waals surface area contributed by atoms with Crippen LogP contribution in [-0.4, -0.2) is 96.7 Å². The molecule has 0 aromatic heterocycles. The van der Waals surface area contributed by atoms with Gasteiger partial charge in [-0.15, -0.1) is 0 Å². The maximum Gasteiger partial charge on any atom is 0.472 e. The molecule has 0 radical (unpaired) electrons. The quantitative estimate of drug-likeness (QED) is 0.0222. The fourth-order valence-corrected chi connectivity index (χ4v) is 11.7. The molecule has 3 N–H and O–H groups in total. The van der Waals surface area contributed by atoms with Gasteiger partial charge in [0.1, 0.15) is 19.3 Å². The number of esters is 4. The highest BCUT2D eigenvalue weighted by Gasteiger charge is 2.30. The van der Waals surface area contributed by atoms with Crippen LogP contribution in [0.5, 0.6) is 0 Å². The monoisotopic (exact) mass is 1280 g/mol. The maximum absolute atomic E-state index is 13.0. The van der Waals surface area contributed by atoms with Crippen molar-refractivity contribution in [1.29, 1.82) is 0 Å². The number of phosphoric ester groups is 2. The van der Waals surface area contributed by atoms with Crippen molar-refractivity contribution in [1.82, 2.24) is 0 Å². The number of carbonyl (C=O) groups is 4. The Bertz CT molecular complexity index is 1730. The summed E-state index contributed by atoms with van der Waals surface area (Å²) in [5.74, 6) is 0.817. The number of hydrogen-bond donors (Lipinski definition) is 3. The van der Waals surface area contributed by atoms with Gasteiger partial charge < -0.3 is 33.8 Å². The fourth-order valence-electron chi connectivity index (χ4n) is 10.1. The molecule has 0 aromatic rings. The lowest BCUT2D eigenvalue weighted by molar-refractivity contribution is -0.161. The first-order chi connectivity index (χ1) is 41.6. The first-order valence-electron chi connectivity index (χ1n) is 35.2. The van der Waals surface area contributed by atoms with Gasteiger partial charge in [0.05, 0.1) is 26.4 Å². The van der Waals surface area contributed by atoms with Gasteiger partial charge in [-0.25, -0.2) is 9.13 Å². The minimum atomic E-state index is -4.95. The lowest BCUT2D eigenvalue weighted by Gasteiger charge is -2.21. The Morgan fingerprint density at radius 2 is 0.552 bits per heavy atom. The summed E-state index contributed by atoms with van der Waals surface area (Å²) in [6.07, 6.45) is 39.0. The van der Waals surface area contributed by atoms with Crippen molar-refractivity contribution < 1.29 is 80.2 Å². The highest BCUT2D eigenvalue weighted by atomic mass is 31.2. The molecule has 0 aromatic carbocycles. The van der Waals surface area contributed by atoms with Crippen LogP contribution in [0.3, 0.4) is 0 Å². The van der Waals surface area contributed by atoms with Gasteiger partial charge in [-0.2, -0.15) is 0 Å². The molecule has 0 heterocycles. The van der Waals surface area contributed by atoms with Gasteiger partial charge >= 0.3 is 39.5 Å². The Morgan fingerprint density at radius 3 is 0.816 bits per heavy atom. The minimum absolute atomic E-state index is 0.103. The van der Waals surface area contributed by atoms with Crippen LogP contribution in [0.25, 0.3) is 0 Å². The van der Waals surface area contributed by atoms with E-state index in [1.54, 1.807) is 0 Å². The Labute approximate surface area is 530 Å². The number of rotatable bonds is 65. The predicted molar refractivity (Wildman–Crippen MR) is 349 cm³/mol. The van der Waals surface area contributed by atoms with Crippen LogP contribution in [0.1, 0.15) is 331 Å². The van der Waals surface area contributed by atoms with Gasteiger partial charge in [-0.05, 0) is 49.4 Å². The summed E-state index contributed by atoms with van der Waals surface area (Å²) >= 11 is 0. The molecular weight excluding hydrogens is 1150 g/mol. The SMILES string of the molecule is CCC(C)CCCCCCCCC(=O)OC[C@H](COP(=O)(O)OCC(O)COP(=O)(O)OC[C@@H](COC(=O)CCCCCCCCCCC(C)C)OC(=O)CCCCCCCCCCC(C)C)OC(=O)CCCCCCCCCCCCCCC(C)C. The van der Waals surface area contributed by atoms with E-state index in [2.05, 4.69) is 55.4 Å². The molecule has 0 rings (SSSR count). The summed E-state index contributed by atoms with van der Waals surface area (Å²) in [6, 6.07) is 0. The molecular formula is C68H132O17P2. The van der Waals surface area contributed by atoms with Crippen molar-refractivity contribution in [3.63, 3.8) is 0 Å². The van der Waals surface area contributed by atoms with E-state index >= 15 is 0 Å². The van der Waals surface area contributed by atoms with E-state index in [1.165, 1.54) is 128 Å². The molecule has 516 valence electrons. The molecule has 0 aliphatic rings. The van der Waals surface area contributed by atoms with Crippen molar-refractivity contribution >= 4 is 39.5 Å². The smallest absolute Gasteiger partial charge is 0.462 e. The van der Waals surface area contributed by atoms with Crippen molar-refractivity contribution in [3.05, 3.63) is 0 Å². The van der Waals surface area contributed by atoms with Gasteiger partial charge in [0, 0.05) is 25.7 Å². The van der Waals surface area contributed by atoms with Gasteiger partial charge in [0.2, 0.25) is 0 Å². The molecule has 0 bridgehead atoms. The van der Waals surface area contributed by atoms with Crippen LogP contribution in [0.15, 0.2) is 0 Å². The highest BCUT2D eigenvalue weighted by molar-refractivity contribution is 7.47. The van der Waals surface area contributed by atoms with E-state index in [0.717, 1.165) is 120 Å². The predicted octanol–water partition coefficient (Wildman–Crippen LogP) is 18.9. The van der Waals surface area contributed by atoms with Gasteiger partial charge in [-0.3, -0.25) is 37.3 Å². The van der Waals surface area contributed by atoms with Crippen molar-refractivity contribution in [3.8, 4) is 0 Å². The van der Waals surface area contributed by atoms with Crippen molar-refractivity contribution in [2.24, 2.45) is 23.7 Å². The number of aliphatic hydroxyl groups is 1. The number of hydrogen-bond acceptors (Lipinski definition) is 15. The molecule has 6 atom stereocenters. The highest BCUT2D eigenvalue weighted by Crippen LogP contribution is 2.45. The van der Waals surface area contributed by atoms with Crippen molar-refractivity contribution in [2.75, 3.05) is 39.6 Å². The molecule has 17 nitrogen and oxygen atoms in total. The molecule has 87 heavy (non-hydrogen) atoms. The lowest BCUT2D eigenvalue weighted by Crippen LogP contribution is -2.30. The van der Waals surface area contributed by atoms with Gasteiger partial charge in [0.25, 0.3) is 0 Å². The maximum atomic E-state index is 13.0. The molecule has 0 amide bonds. The third-order valence-corrected chi connectivity index (χ3v) is 17.8. The summed E-state index contributed by atoms with van der Waals surface area (Å²) in [7, 11) is -9.90. The molecule has 0 spiro atoms. The van der Waals surface area contributed by atoms with E-state index in [9.17, 15) is 43.2 Å². The Hall–Kier alpha value is -1.94. The molecule has 0 aliphatic carbocycles. The summed E-state index contributed by atoms with van der Waals surface area (Å²) in [4.78, 5) is 72.4. The van der Waals surface area contributed by atoms with Crippen LogP contribution in [0.2, 0.25) is 0 Å². The molecule has 19 heteroatoms. The Balaban J connectivity index is 5.25. The zero-order valence-electron chi connectivity index (χ0n) is 56.6. The van der Waals surface area contributed by atoms with E-state index < -0.39 is 97.5 Å². The summed E-state index contributed by atoms with van der Waals surface area (Å²) in [5, 5.41) is 10.6. The molecule has 0 aliphatic heterocycles. The van der Waals surface area contributed by atoms with E-state index in [-0.39, 0.29) is 25.7 Å². The second-order valence-electron chi connectivity index (χ2n) is 26.2. The molecule has 0 saturated heterocycles. The number of carbonyl (C=O) groups excluding carboxylic acids is 4. The van der Waals surface area contributed by atoms with E-state index in [1.807, 2.05) is 0 Å². The lowest BCUT2D eigenvalue weighted by atomic mass is 10.00. The van der Waals surface area contributed by atoms with E-state index in [4.69, 9.17) is 37.0 Å². The Kier molecular flexibility index (Phi) is 56.6. The van der Waals surface area contributed by atoms with E-state index in [0.29, 0.717) is 25.7 Å². The normalized spacial score (nSPS) is 14.6. The zero-order chi connectivity index (χ0) is 64.7. The van der Waals surface area contributed by atoms with Crippen molar-refractivity contribution in [2.45, 2.75) is 350 Å². The third-order valence-electron chi connectivity index (χ3n) is 15.9. The first-order valence-corrected chi connectivity index (χ1v) is 38.2. The first kappa shape index (κ1) is 85.1. The second-order valence-corrected chi connectivity index (χ2v) is 29.1. The van der Waals surface area contributed by atoms with Crippen LogP contribution in [0.4, 0.5) is 0 Å². The van der Waals surface area contributed by atoms with Gasteiger partial charge in [0.15, 0.2) is 12.2 Å². The minimum Gasteiger partial charge on any atom is -0.462 e. The number of unbranched alkanes of at least 4 members (excludes halogenated alkanes) is 30. The Morgan fingerprint density at radius 1 is 0.322 bits per heavy atom. The largest absolute Gasteiger partial charge is 0.472 e. The second kappa shape index (κ2) is 57.9. The number of phosphoric acid groups is 2. The molecule has 4 unspecified atom stereocenters. The fraction of sp³-hybridized carbons (Fsp3) is 0.941.